The van der Waals surface area contributed by atoms with Crippen LogP contribution < -0.4 is 5.32 Å². The van der Waals surface area contributed by atoms with Crippen molar-refractivity contribution in [1.82, 2.24) is 14.7 Å². The van der Waals surface area contributed by atoms with Crippen molar-refractivity contribution in [3.05, 3.63) is 15.8 Å². The number of morpholine rings is 1. The fourth-order valence-corrected chi connectivity index (χ4v) is 3.04. The third-order valence-electron chi connectivity index (χ3n) is 3.81. The summed E-state index contributed by atoms with van der Waals surface area (Å²) >= 11 is 0. The second kappa shape index (κ2) is 7.06. The average Bonchev–Trinajstić information content (AvgIpc) is 2.68. The van der Waals surface area contributed by atoms with Gasteiger partial charge in [0, 0.05) is 33.2 Å². The van der Waals surface area contributed by atoms with Crippen molar-refractivity contribution in [3.8, 4) is 0 Å². The largest absolute Gasteiger partial charge is 0.373 e. The number of ether oxygens (including phenoxy) is 1. The molecule has 124 valence electrons. The van der Waals surface area contributed by atoms with Crippen molar-refractivity contribution < 1.29 is 9.66 Å². The Morgan fingerprint density at radius 1 is 1.41 bits per heavy atom. The predicted octanol–water partition coefficient (Wildman–Crippen LogP) is 1.55. The van der Waals surface area contributed by atoms with Gasteiger partial charge in [0.2, 0.25) is 5.82 Å². The van der Waals surface area contributed by atoms with E-state index in [2.05, 4.69) is 29.2 Å². The van der Waals surface area contributed by atoms with Crippen LogP contribution in [-0.2, 0) is 11.8 Å². The van der Waals surface area contributed by atoms with Crippen LogP contribution in [0.25, 0.3) is 0 Å². The SMILES string of the molecule is Cc1nn(C)c(NCCCN2CC(C)OC(C)C2)c1[N+](=O)[O-]. The Bertz CT molecular complexity index is 521. The van der Waals surface area contributed by atoms with Gasteiger partial charge in [-0.05, 0) is 27.2 Å². The van der Waals surface area contributed by atoms with E-state index in [-0.39, 0.29) is 22.8 Å². The van der Waals surface area contributed by atoms with E-state index in [1.54, 1.807) is 14.0 Å². The molecular formula is C14H25N5O3. The van der Waals surface area contributed by atoms with Gasteiger partial charge in [-0.3, -0.25) is 15.0 Å². The maximum atomic E-state index is 11.1. The normalized spacial score (nSPS) is 22.7. The Balaban J connectivity index is 1.83. The van der Waals surface area contributed by atoms with Gasteiger partial charge >= 0.3 is 5.69 Å². The highest BCUT2D eigenvalue weighted by atomic mass is 16.6. The lowest BCUT2D eigenvalue weighted by molar-refractivity contribution is -0.384. The first-order valence-electron chi connectivity index (χ1n) is 7.68. The highest BCUT2D eigenvalue weighted by Crippen LogP contribution is 2.27. The van der Waals surface area contributed by atoms with Gasteiger partial charge in [-0.1, -0.05) is 0 Å². The first-order chi connectivity index (χ1) is 10.4. The number of aromatic nitrogens is 2. The van der Waals surface area contributed by atoms with Gasteiger partial charge in [0.1, 0.15) is 5.69 Å². The van der Waals surface area contributed by atoms with E-state index in [0.717, 1.165) is 26.1 Å². The van der Waals surface area contributed by atoms with E-state index >= 15 is 0 Å². The number of nitrogens with zero attached hydrogens (tertiary/aromatic N) is 4. The first-order valence-corrected chi connectivity index (χ1v) is 7.68. The van der Waals surface area contributed by atoms with Crippen molar-refractivity contribution in [3.63, 3.8) is 0 Å². The molecule has 0 radical (unpaired) electrons. The van der Waals surface area contributed by atoms with Crippen LogP contribution in [-0.4, -0.2) is 58.0 Å². The van der Waals surface area contributed by atoms with E-state index in [9.17, 15) is 10.1 Å². The number of hydrogen-bond donors (Lipinski definition) is 1. The molecule has 0 amide bonds. The smallest absolute Gasteiger partial charge is 0.333 e. The van der Waals surface area contributed by atoms with Crippen LogP contribution in [0.15, 0.2) is 0 Å². The van der Waals surface area contributed by atoms with Crippen LogP contribution in [0.3, 0.4) is 0 Å². The highest BCUT2D eigenvalue weighted by molar-refractivity contribution is 5.59. The van der Waals surface area contributed by atoms with E-state index in [1.165, 1.54) is 4.68 Å². The predicted molar refractivity (Wildman–Crippen MR) is 84.2 cm³/mol. The van der Waals surface area contributed by atoms with Gasteiger partial charge < -0.3 is 10.1 Å². The lowest BCUT2D eigenvalue weighted by atomic mass is 10.2. The van der Waals surface area contributed by atoms with Gasteiger partial charge in [-0.25, -0.2) is 4.68 Å². The molecule has 2 heterocycles. The molecule has 1 aliphatic rings. The standard InChI is InChI=1S/C14H25N5O3/c1-10-8-18(9-11(2)22-10)7-5-6-15-14-13(19(20)21)12(3)16-17(14)4/h10-11,15H,5-9H2,1-4H3. The third kappa shape index (κ3) is 3.95. The lowest BCUT2D eigenvalue weighted by Gasteiger charge is -2.35. The zero-order valence-electron chi connectivity index (χ0n) is 13.7. The van der Waals surface area contributed by atoms with Crippen LogP contribution in [0.2, 0.25) is 0 Å². The average molecular weight is 311 g/mol. The molecule has 0 bridgehead atoms. The number of nitrogens with one attached hydrogen (secondary N) is 1. The summed E-state index contributed by atoms with van der Waals surface area (Å²) in [5, 5.41) is 18.4. The van der Waals surface area contributed by atoms with Crippen molar-refractivity contribution in [1.29, 1.82) is 0 Å². The monoisotopic (exact) mass is 311 g/mol. The van der Waals surface area contributed by atoms with Crippen LogP contribution in [0, 0.1) is 17.0 Å². The number of rotatable bonds is 6. The Hall–Kier alpha value is -1.67. The van der Waals surface area contributed by atoms with E-state index in [0.29, 0.717) is 18.1 Å². The van der Waals surface area contributed by atoms with Crippen LogP contribution in [0.5, 0.6) is 0 Å². The summed E-state index contributed by atoms with van der Waals surface area (Å²) in [5.74, 6) is 0.478. The van der Waals surface area contributed by atoms with E-state index < -0.39 is 0 Å². The molecule has 0 aromatic carbocycles. The molecule has 8 heteroatoms. The van der Waals surface area contributed by atoms with Crippen LogP contribution in [0.4, 0.5) is 11.5 Å². The maximum Gasteiger partial charge on any atom is 0.333 e. The third-order valence-corrected chi connectivity index (χ3v) is 3.81. The van der Waals surface area contributed by atoms with Gasteiger partial charge in [0.05, 0.1) is 17.1 Å². The Labute approximate surface area is 130 Å². The molecule has 8 nitrogen and oxygen atoms in total. The molecule has 2 unspecified atom stereocenters. The highest BCUT2D eigenvalue weighted by Gasteiger charge is 2.24. The van der Waals surface area contributed by atoms with Crippen LogP contribution >= 0.6 is 0 Å². The molecule has 1 aromatic heterocycles. The molecule has 2 atom stereocenters. The van der Waals surface area contributed by atoms with Gasteiger partial charge in [0.15, 0.2) is 0 Å². The minimum Gasteiger partial charge on any atom is -0.373 e. The lowest BCUT2D eigenvalue weighted by Crippen LogP contribution is -2.45. The summed E-state index contributed by atoms with van der Waals surface area (Å²) in [5.41, 5.74) is 0.502. The summed E-state index contributed by atoms with van der Waals surface area (Å²) in [6.07, 6.45) is 1.44. The minimum atomic E-state index is -0.379. The maximum absolute atomic E-state index is 11.1. The molecule has 1 N–H and O–H groups in total. The molecule has 0 spiro atoms. The van der Waals surface area contributed by atoms with Crippen molar-refractivity contribution in [2.45, 2.75) is 39.4 Å². The summed E-state index contributed by atoms with van der Waals surface area (Å²) in [6, 6.07) is 0. The van der Waals surface area contributed by atoms with Crippen molar-refractivity contribution >= 4 is 11.5 Å². The second-order valence-electron chi connectivity index (χ2n) is 5.96. The topological polar surface area (TPSA) is 85.5 Å². The molecule has 22 heavy (non-hydrogen) atoms. The Morgan fingerprint density at radius 3 is 2.64 bits per heavy atom. The van der Waals surface area contributed by atoms with Gasteiger partial charge in [-0.15, -0.1) is 0 Å². The number of nitro groups is 1. The first kappa shape index (κ1) is 16.7. The number of hydrogen-bond acceptors (Lipinski definition) is 6. The molecule has 0 saturated carbocycles. The quantitative estimate of drug-likeness (QED) is 0.487. The Morgan fingerprint density at radius 2 is 2.05 bits per heavy atom. The van der Waals surface area contributed by atoms with Crippen molar-refractivity contribution in [2.75, 3.05) is 31.5 Å². The zero-order chi connectivity index (χ0) is 16.3. The fraction of sp³-hybridized carbons (Fsp3) is 0.786. The Kier molecular flexibility index (Phi) is 5.36. The second-order valence-corrected chi connectivity index (χ2v) is 5.96. The fourth-order valence-electron chi connectivity index (χ4n) is 3.04. The number of aryl methyl sites for hydroxylation is 2. The van der Waals surface area contributed by atoms with Crippen molar-refractivity contribution in [2.24, 2.45) is 7.05 Å². The zero-order valence-corrected chi connectivity index (χ0v) is 13.7. The molecule has 0 aliphatic carbocycles. The molecule has 1 aliphatic heterocycles. The molecule has 2 rings (SSSR count). The summed E-state index contributed by atoms with van der Waals surface area (Å²) in [7, 11) is 1.72. The number of anilines is 1. The molecule has 1 saturated heterocycles. The van der Waals surface area contributed by atoms with E-state index in [4.69, 9.17) is 4.74 Å². The summed E-state index contributed by atoms with van der Waals surface area (Å²) < 4.78 is 7.24. The molecule has 1 fully saturated rings. The minimum absolute atomic E-state index is 0.0658. The van der Waals surface area contributed by atoms with Gasteiger partial charge in [0.25, 0.3) is 0 Å². The summed E-state index contributed by atoms with van der Waals surface area (Å²) in [6.45, 7) is 9.34. The molecule has 1 aromatic rings. The van der Waals surface area contributed by atoms with Gasteiger partial charge in [-0.2, -0.15) is 5.10 Å². The molecular weight excluding hydrogens is 286 g/mol. The summed E-state index contributed by atoms with van der Waals surface area (Å²) in [4.78, 5) is 13.1. The van der Waals surface area contributed by atoms with Crippen LogP contribution in [0.1, 0.15) is 26.0 Å². The van der Waals surface area contributed by atoms with E-state index in [1.807, 2.05) is 0 Å².